The molecular formula is C22H27N3O3S2. The molecule has 1 atom stereocenters. The Morgan fingerprint density at radius 1 is 1.23 bits per heavy atom. The van der Waals surface area contributed by atoms with Crippen LogP contribution in [0.25, 0.3) is 11.3 Å². The van der Waals surface area contributed by atoms with E-state index < -0.39 is 9.84 Å². The van der Waals surface area contributed by atoms with Crippen molar-refractivity contribution in [1.29, 1.82) is 0 Å². The van der Waals surface area contributed by atoms with Crippen molar-refractivity contribution in [2.45, 2.75) is 50.9 Å². The summed E-state index contributed by atoms with van der Waals surface area (Å²) in [5.41, 5.74) is 2.91. The van der Waals surface area contributed by atoms with Crippen LogP contribution in [0, 0.1) is 0 Å². The normalized spacial score (nSPS) is 17.8. The highest BCUT2D eigenvalue weighted by molar-refractivity contribution is 7.90. The van der Waals surface area contributed by atoms with Gasteiger partial charge in [-0.15, -0.1) is 11.3 Å². The summed E-state index contributed by atoms with van der Waals surface area (Å²) in [5.74, 6) is 1.93. The zero-order valence-corrected chi connectivity index (χ0v) is 19.2. The van der Waals surface area contributed by atoms with Gasteiger partial charge in [-0.25, -0.2) is 18.4 Å². The van der Waals surface area contributed by atoms with E-state index in [0.29, 0.717) is 11.6 Å². The van der Waals surface area contributed by atoms with Crippen LogP contribution in [-0.2, 0) is 22.1 Å². The first-order valence-electron chi connectivity index (χ1n) is 10.2. The zero-order chi connectivity index (χ0) is 21.3. The molecule has 1 unspecified atom stereocenters. The quantitative estimate of drug-likeness (QED) is 0.520. The first-order valence-corrected chi connectivity index (χ1v) is 13.2. The van der Waals surface area contributed by atoms with Crippen LogP contribution >= 0.6 is 11.3 Å². The van der Waals surface area contributed by atoms with Gasteiger partial charge in [0.2, 0.25) is 5.89 Å². The van der Waals surface area contributed by atoms with E-state index in [2.05, 4.69) is 35.9 Å². The van der Waals surface area contributed by atoms with Crippen molar-refractivity contribution in [1.82, 2.24) is 14.9 Å². The number of rotatable bonds is 7. The maximum Gasteiger partial charge on any atom is 0.212 e. The third kappa shape index (κ3) is 4.82. The van der Waals surface area contributed by atoms with E-state index in [4.69, 9.17) is 9.40 Å². The van der Waals surface area contributed by atoms with Gasteiger partial charge in [0.25, 0.3) is 0 Å². The Morgan fingerprint density at radius 3 is 2.70 bits per heavy atom. The van der Waals surface area contributed by atoms with E-state index in [1.54, 1.807) is 0 Å². The van der Waals surface area contributed by atoms with Gasteiger partial charge in [0.15, 0.2) is 9.84 Å². The number of nitrogens with zero attached hydrogens (tertiary/aromatic N) is 3. The first-order chi connectivity index (χ1) is 14.3. The highest BCUT2D eigenvalue weighted by atomic mass is 32.2. The number of sulfone groups is 1. The summed E-state index contributed by atoms with van der Waals surface area (Å²) >= 11 is 1.41. The molecule has 8 heteroatoms. The number of benzene rings is 1. The SMILES string of the molecule is CC(C)c1oc(C2CCCN2Cc2csc(CS(C)(=O)=O)n2)nc1-c1ccccc1. The summed E-state index contributed by atoms with van der Waals surface area (Å²) in [5, 5.41) is 2.60. The molecule has 4 rings (SSSR count). The average molecular weight is 446 g/mol. The second-order valence-electron chi connectivity index (χ2n) is 8.22. The molecule has 2 aromatic heterocycles. The summed E-state index contributed by atoms with van der Waals surface area (Å²) in [6, 6.07) is 10.3. The summed E-state index contributed by atoms with van der Waals surface area (Å²) in [4.78, 5) is 11.8. The highest BCUT2D eigenvalue weighted by Gasteiger charge is 2.32. The molecule has 0 aliphatic carbocycles. The van der Waals surface area contributed by atoms with E-state index in [1.807, 2.05) is 23.6 Å². The second-order valence-corrected chi connectivity index (χ2v) is 11.3. The van der Waals surface area contributed by atoms with Crippen LogP contribution in [0.5, 0.6) is 0 Å². The van der Waals surface area contributed by atoms with Crippen LogP contribution in [0.3, 0.4) is 0 Å². The Balaban J connectivity index is 1.57. The molecule has 0 saturated carbocycles. The van der Waals surface area contributed by atoms with Crippen molar-refractivity contribution in [3.8, 4) is 11.3 Å². The molecule has 0 spiro atoms. The summed E-state index contributed by atoms with van der Waals surface area (Å²) in [6.45, 7) is 5.87. The third-order valence-electron chi connectivity index (χ3n) is 5.24. The Labute approximate surface area is 181 Å². The molecule has 3 aromatic rings. The molecule has 1 aromatic carbocycles. The second kappa shape index (κ2) is 8.61. The lowest BCUT2D eigenvalue weighted by Crippen LogP contribution is -2.23. The van der Waals surface area contributed by atoms with Crippen LogP contribution < -0.4 is 0 Å². The Bertz CT molecular complexity index is 1100. The Hall–Kier alpha value is -2.03. The molecular weight excluding hydrogens is 418 g/mol. The molecule has 1 saturated heterocycles. The average Bonchev–Trinajstić information content (AvgIpc) is 3.41. The molecule has 1 aliphatic heterocycles. The maximum atomic E-state index is 11.5. The molecule has 1 fully saturated rings. The predicted octanol–water partition coefficient (Wildman–Crippen LogP) is 4.80. The lowest BCUT2D eigenvalue weighted by Gasteiger charge is -2.20. The van der Waals surface area contributed by atoms with Crippen molar-refractivity contribution < 1.29 is 12.8 Å². The number of thiazole rings is 1. The molecule has 0 radical (unpaired) electrons. The van der Waals surface area contributed by atoms with E-state index in [0.717, 1.165) is 48.0 Å². The first kappa shape index (κ1) is 21.2. The van der Waals surface area contributed by atoms with Gasteiger partial charge >= 0.3 is 0 Å². The zero-order valence-electron chi connectivity index (χ0n) is 17.5. The van der Waals surface area contributed by atoms with E-state index in [-0.39, 0.29) is 17.7 Å². The monoisotopic (exact) mass is 445 g/mol. The standard InChI is InChI=1S/C22H27N3O3S2/c1-15(2)21-20(16-8-5-4-6-9-16)24-22(28-21)18-10-7-11-25(18)12-17-13-29-19(23-17)14-30(3,26)27/h4-6,8-9,13,15,18H,7,10-12,14H2,1-3H3. The number of aromatic nitrogens is 2. The van der Waals surface area contributed by atoms with Gasteiger partial charge in [-0.2, -0.15) is 0 Å². The van der Waals surface area contributed by atoms with Crippen LogP contribution in [0.15, 0.2) is 40.1 Å². The summed E-state index contributed by atoms with van der Waals surface area (Å²) in [6.07, 6.45) is 3.31. The fourth-order valence-corrected chi connectivity index (χ4v) is 5.90. The molecule has 160 valence electrons. The third-order valence-corrected chi connectivity index (χ3v) is 7.12. The number of oxazole rings is 1. The van der Waals surface area contributed by atoms with Crippen LogP contribution in [0.1, 0.15) is 61.0 Å². The van der Waals surface area contributed by atoms with Crippen molar-refractivity contribution in [3.05, 3.63) is 58.1 Å². The van der Waals surface area contributed by atoms with Crippen molar-refractivity contribution >= 4 is 21.2 Å². The molecule has 0 bridgehead atoms. The van der Waals surface area contributed by atoms with Gasteiger partial charge in [0, 0.05) is 29.7 Å². The van der Waals surface area contributed by atoms with E-state index in [1.165, 1.54) is 17.6 Å². The number of hydrogen-bond donors (Lipinski definition) is 0. The summed E-state index contributed by atoms with van der Waals surface area (Å²) in [7, 11) is -3.07. The van der Waals surface area contributed by atoms with Gasteiger partial charge in [-0.05, 0) is 19.4 Å². The van der Waals surface area contributed by atoms with E-state index >= 15 is 0 Å². The van der Waals surface area contributed by atoms with E-state index in [9.17, 15) is 8.42 Å². The maximum absolute atomic E-state index is 11.5. The van der Waals surface area contributed by atoms with Crippen molar-refractivity contribution in [2.24, 2.45) is 0 Å². The molecule has 6 nitrogen and oxygen atoms in total. The van der Waals surface area contributed by atoms with Gasteiger partial charge in [0.1, 0.15) is 22.2 Å². The Morgan fingerprint density at radius 2 is 2.00 bits per heavy atom. The van der Waals surface area contributed by atoms with Crippen molar-refractivity contribution in [2.75, 3.05) is 12.8 Å². The van der Waals surface area contributed by atoms with Crippen LogP contribution in [0.2, 0.25) is 0 Å². The minimum absolute atomic E-state index is 0.000973. The van der Waals surface area contributed by atoms with Gasteiger partial charge < -0.3 is 4.42 Å². The van der Waals surface area contributed by atoms with Gasteiger partial charge in [0.05, 0.1) is 11.7 Å². The minimum Gasteiger partial charge on any atom is -0.443 e. The topological polar surface area (TPSA) is 76.3 Å². The van der Waals surface area contributed by atoms with Gasteiger partial charge in [-0.1, -0.05) is 44.2 Å². The molecule has 3 heterocycles. The lowest BCUT2D eigenvalue weighted by atomic mass is 10.0. The van der Waals surface area contributed by atoms with Gasteiger partial charge in [-0.3, -0.25) is 4.90 Å². The molecule has 30 heavy (non-hydrogen) atoms. The Kier molecular flexibility index (Phi) is 6.09. The number of likely N-dealkylation sites (tertiary alicyclic amines) is 1. The molecule has 0 N–H and O–H groups in total. The summed E-state index contributed by atoms with van der Waals surface area (Å²) < 4.78 is 29.4. The van der Waals surface area contributed by atoms with Crippen LogP contribution in [-0.4, -0.2) is 36.1 Å². The fourth-order valence-electron chi connectivity index (χ4n) is 3.90. The fraction of sp³-hybridized carbons (Fsp3) is 0.455. The van der Waals surface area contributed by atoms with Crippen molar-refractivity contribution in [3.63, 3.8) is 0 Å². The smallest absolute Gasteiger partial charge is 0.212 e. The largest absolute Gasteiger partial charge is 0.443 e. The molecule has 0 amide bonds. The molecule has 1 aliphatic rings. The lowest BCUT2D eigenvalue weighted by molar-refractivity contribution is 0.209. The number of hydrogen-bond acceptors (Lipinski definition) is 7. The highest BCUT2D eigenvalue weighted by Crippen LogP contribution is 2.37. The predicted molar refractivity (Wildman–Crippen MR) is 119 cm³/mol. The van der Waals surface area contributed by atoms with Crippen LogP contribution in [0.4, 0.5) is 0 Å². The minimum atomic E-state index is -3.07.